The highest BCUT2D eigenvalue weighted by Crippen LogP contribution is 2.06. The van der Waals surface area contributed by atoms with Crippen LogP contribution in [0.1, 0.15) is 10.5 Å². The van der Waals surface area contributed by atoms with E-state index in [4.69, 9.17) is 17.3 Å². The van der Waals surface area contributed by atoms with Gasteiger partial charge in [0, 0.05) is 12.4 Å². The molecular weight excluding hydrogens is 168 g/mol. The van der Waals surface area contributed by atoms with E-state index in [0.29, 0.717) is 0 Å². The maximum absolute atomic E-state index is 10.5. The molecule has 60 valence electrons. The molecule has 6 heteroatoms. The van der Waals surface area contributed by atoms with Crippen LogP contribution in [0.3, 0.4) is 0 Å². The van der Waals surface area contributed by atoms with Gasteiger partial charge in [0.25, 0.3) is 5.91 Å². The number of amides is 1. The lowest BCUT2D eigenvalue weighted by Crippen LogP contribution is -2.13. The molecular formula is C5H7ClN4O. The molecule has 0 spiro atoms. The van der Waals surface area contributed by atoms with Crippen LogP contribution in [0.25, 0.3) is 0 Å². The monoisotopic (exact) mass is 174 g/mol. The molecule has 0 aromatic carbocycles. The van der Waals surface area contributed by atoms with Gasteiger partial charge in [-0.2, -0.15) is 0 Å². The highest BCUT2D eigenvalue weighted by molar-refractivity contribution is 6.32. The number of hydrogen-bond donors (Lipinski definition) is 2. The van der Waals surface area contributed by atoms with E-state index in [1.54, 1.807) is 0 Å². The minimum Gasteiger partial charge on any atom is -0.364 e. The van der Waals surface area contributed by atoms with Gasteiger partial charge < -0.3 is 11.9 Å². The fourth-order valence-corrected chi connectivity index (χ4v) is 0.685. The van der Waals surface area contributed by atoms with E-state index in [0.717, 1.165) is 0 Å². The summed E-state index contributed by atoms with van der Waals surface area (Å²) in [6.07, 6.45) is 2.74. The summed E-state index contributed by atoms with van der Waals surface area (Å²) in [6, 6.07) is 0. The molecule has 5 nitrogen and oxygen atoms in total. The predicted molar refractivity (Wildman–Crippen MR) is 40.6 cm³/mol. The van der Waals surface area contributed by atoms with Crippen LogP contribution in [-0.2, 0) is 0 Å². The molecule has 0 radical (unpaired) electrons. The Morgan fingerprint density at radius 2 is 2.00 bits per heavy atom. The Hall–Kier alpha value is -1.20. The molecule has 1 aromatic rings. The Kier molecular flexibility index (Phi) is 3.43. The third-order valence-electron chi connectivity index (χ3n) is 0.887. The van der Waals surface area contributed by atoms with Crippen LogP contribution < -0.4 is 11.9 Å². The number of rotatable bonds is 1. The van der Waals surface area contributed by atoms with E-state index in [1.165, 1.54) is 12.4 Å². The smallest absolute Gasteiger partial charge is 0.270 e. The maximum Gasteiger partial charge on any atom is 0.270 e. The van der Waals surface area contributed by atoms with Crippen LogP contribution in [0.5, 0.6) is 0 Å². The fraction of sp³-hybridized carbons (Fsp3) is 0. The molecule has 1 rings (SSSR count). The fourth-order valence-electron chi connectivity index (χ4n) is 0.486. The van der Waals surface area contributed by atoms with Gasteiger partial charge in [-0.1, -0.05) is 11.6 Å². The topological polar surface area (TPSA) is 104 Å². The summed E-state index contributed by atoms with van der Waals surface area (Å²) >= 11 is 5.44. The third kappa shape index (κ3) is 2.14. The summed E-state index contributed by atoms with van der Waals surface area (Å²) in [6.45, 7) is 0. The lowest BCUT2D eigenvalue weighted by Gasteiger charge is -1.93. The van der Waals surface area contributed by atoms with Crippen molar-refractivity contribution in [3.8, 4) is 0 Å². The summed E-state index contributed by atoms with van der Waals surface area (Å²) < 4.78 is 0. The Morgan fingerprint density at radius 1 is 1.45 bits per heavy atom. The van der Waals surface area contributed by atoms with Gasteiger partial charge >= 0.3 is 0 Å². The van der Waals surface area contributed by atoms with Crippen LogP contribution in [0.2, 0.25) is 5.15 Å². The standard InChI is InChI=1S/C5H4ClN3O.H3N/c6-4-3(5(7)10)8-1-2-9-4;/h1-2H,(H2,7,10);1H3. The van der Waals surface area contributed by atoms with Gasteiger partial charge in [-0.25, -0.2) is 9.97 Å². The van der Waals surface area contributed by atoms with E-state index in [1.807, 2.05) is 0 Å². The lowest BCUT2D eigenvalue weighted by molar-refractivity contribution is 0.0995. The average molecular weight is 175 g/mol. The molecule has 0 saturated carbocycles. The Balaban J connectivity index is 0.000001000. The van der Waals surface area contributed by atoms with Crippen molar-refractivity contribution in [1.29, 1.82) is 0 Å². The molecule has 0 bridgehead atoms. The second kappa shape index (κ2) is 3.85. The summed E-state index contributed by atoms with van der Waals surface area (Å²) in [7, 11) is 0. The van der Waals surface area contributed by atoms with Gasteiger partial charge in [-0.05, 0) is 0 Å². The Bertz CT molecular complexity index is 264. The summed E-state index contributed by atoms with van der Waals surface area (Å²) in [4.78, 5) is 17.7. The number of carbonyl (C=O) groups is 1. The Labute approximate surface area is 68.2 Å². The van der Waals surface area contributed by atoms with Gasteiger partial charge in [0.1, 0.15) is 0 Å². The van der Waals surface area contributed by atoms with Crippen molar-refractivity contribution in [3.05, 3.63) is 23.2 Å². The predicted octanol–water partition coefficient (Wildman–Crippen LogP) is 0.391. The molecule has 0 atom stereocenters. The molecule has 1 heterocycles. The number of primary amides is 1. The average Bonchev–Trinajstić information content (AvgIpc) is 1.88. The Morgan fingerprint density at radius 3 is 2.36 bits per heavy atom. The van der Waals surface area contributed by atoms with Gasteiger partial charge in [-0.15, -0.1) is 0 Å². The van der Waals surface area contributed by atoms with E-state index in [-0.39, 0.29) is 17.0 Å². The summed E-state index contributed by atoms with van der Waals surface area (Å²) in [5.41, 5.74) is 4.89. The molecule has 0 unspecified atom stereocenters. The molecule has 0 aliphatic heterocycles. The first-order valence-electron chi connectivity index (χ1n) is 2.48. The third-order valence-corrected chi connectivity index (χ3v) is 1.16. The summed E-state index contributed by atoms with van der Waals surface area (Å²) in [5.74, 6) is -0.668. The van der Waals surface area contributed by atoms with Crippen LogP contribution in [0.4, 0.5) is 0 Å². The maximum atomic E-state index is 10.5. The second-order valence-electron chi connectivity index (χ2n) is 1.56. The van der Waals surface area contributed by atoms with Crippen molar-refractivity contribution in [2.75, 3.05) is 0 Å². The first-order valence-corrected chi connectivity index (χ1v) is 2.86. The van der Waals surface area contributed by atoms with Crippen molar-refractivity contribution in [2.24, 2.45) is 5.73 Å². The molecule has 0 aliphatic carbocycles. The SMILES string of the molecule is N.NC(=O)c1nccnc1Cl. The van der Waals surface area contributed by atoms with Crippen molar-refractivity contribution in [3.63, 3.8) is 0 Å². The first kappa shape index (κ1) is 9.80. The highest BCUT2D eigenvalue weighted by atomic mass is 35.5. The molecule has 11 heavy (non-hydrogen) atoms. The number of aromatic nitrogens is 2. The van der Waals surface area contributed by atoms with Gasteiger partial charge in [0.05, 0.1) is 0 Å². The van der Waals surface area contributed by atoms with E-state index >= 15 is 0 Å². The van der Waals surface area contributed by atoms with E-state index < -0.39 is 5.91 Å². The van der Waals surface area contributed by atoms with Crippen molar-refractivity contribution in [1.82, 2.24) is 16.1 Å². The van der Waals surface area contributed by atoms with Crippen molar-refractivity contribution < 1.29 is 4.79 Å². The van der Waals surface area contributed by atoms with Crippen LogP contribution >= 0.6 is 11.6 Å². The zero-order valence-corrected chi connectivity index (χ0v) is 6.38. The molecule has 0 aliphatic rings. The normalized spacial score (nSPS) is 8.45. The van der Waals surface area contributed by atoms with Gasteiger partial charge in [0.15, 0.2) is 10.8 Å². The number of nitrogens with zero attached hydrogens (tertiary/aromatic N) is 2. The molecule has 1 aromatic heterocycles. The zero-order chi connectivity index (χ0) is 7.56. The van der Waals surface area contributed by atoms with Gasteiger partial charge in [-0.3, -0.25) is 4.79 Å². The minimum absolute atomic E-state index is 0. The van der Waals surface area contributed by atoms with Crippen LogP contribution in [0.15, 0.2) is 12.4 Å². The van der Waals surface area contributed by atoms with E-state index in [2.05, 4.69) is 9.97 Å². The molecule has 0 fully saturated rings. The lowest BCUT2D eigenvalue weighted by atomic mass is 10.4. The largest absolute Gasteiger partial charge is 0.364 e. The van der Waals surface area contributed by atoms with Gasteiger partial charge in [0.2, 0.25) is 0 Å². The summed E-state index contributed by atoms with van der Waals surface area (Å²) in [5, 5.41) is 0.0370. The van der Waals surface area contributed by atoms with Crippen LogP contribution in [-0.4, -0.2) is 15.9 Å². The number of halogens is 1. The highest BCUT2D eigenvalue weighted by Gasteiger charge is 2.06. The van der Waals surface area contributed by atoms with Crippen LogP contribution in [0, 0.1) is 0 Å². The number of nitrogens with two attached hydrogens (primary N) is 1. The first-order chi connectivity index (χ1) is 4.72. The van der Waals surface area contributed by atoms with Crippen molar-refractivity contribution >= 4 is 17.5 Å². The minimum atomic E-state index is -0.668. The zero-order valence-electron chi connectivity index (χ0n) is 5.62. The quantitative estimate of drug-likeness (QED) is 0.643. The number of carbonyl (C=O) groups excluding carboxylic acids is 1. The molecule has 0 saturated heterocycles. The van der Waals surface area contributed by atoms with Crippen molar-refractivity contribution in [2.45, 2.75) is 0 Å². The molecule has 1 amide bonds. The molecule has 5 N–H and O–H groups in total. The number of hydrogen-bond acceptors (Lipinski definition) is 4. The second-order valence-corrected chi connectivity index (χ2v) is 1.92. The van der Waals surface area contributed by atoms with E-state index in [9.17, 15) is 4.79 Å².